The Hall–Kier alpha value is -3.19. The summed E-state index contributed by atoms with van der Waals surface area (Å²) < 4.78 is 7.11. The maximum atomic E-state index is 13.2. The van der Waals surface area contributed by atoms with Gasteiger partial charge in [-0.05, 0) is 49.2 Å². The van der Waals surface area contributed by atoms with Crippen molar-refractivity contribution in [2.75, 3.05) is 44.3 Å². The summed E-state index contributed by atoms with van der Waals surface area (Å²) in [7, 11) is 0. The van der Waals surface area contributed by atoms with Gasteiger partial charge in [-0.15, -0.1) is 0 Å². The zero-order valence-corrected chi connectivity index (χ0v) is 17.4. The minimum absolute atomic E-state index is 0.0139. The van der Waals surface area contributed by atoms with Crippen LogP contribution in [0.2, 0.25) is 0 Å². The molecule has 0 aliphatic carbocycles. The van der Waals surface area contributed by atoms with E-state index < -0.39 is 0 Å². The van der Waals surface area contributed by atoms with Crippen LogP contribution in [0.3, 0.4) is 0 Å². The van der Waals surface area contributed by atoms with Gasteiger partial charge in [-0.2, -0.15) is 0 Å². The number of ether oxygens (including phenoxy) is 1. The molecule has 160 valence electrons. The number of para-hydroxylation sites is 1. The number of benzene rings is 2. The number of carbonyl (C=O) groups excluding carboxylic acids is 1. The van der Waals surface area contributed by atoms with Crippen LogP contribution in [-0.2, 0) is 4.74 Å². The molecule has 3 heterocycles. The van der Waals surface area contributed by atoms with E-state index in [-0.39, 0.29) is 17.5 Å². The van der Waals surface area contributed by atoms with Crippen LogP contribution in [0.25, 0.3) is 10.9 Å². The molecule has 1 atom stereocenters. The monoisotopic (exact) mass is 418 g/mol. The second kappa shape index (κ2) is 8.51. The fraction of sp³-hybridized carbons (Fsp3) is 0.375. The molecule has 0 saturated carbocycles. The van der Waals surface area contributed by atoms with E-state index in [1.807, 2.05) is 53.4 Å². The van der Waals surface area contributed by atoms with Crippen molar-refractivity contribution in [1.82, 2.24) is 14.5 Å². The maximum Gasteiger partial charge on any atom is 0.261 e. The van der Waals surface area contributed by atoms with Gasteiger partial charge in [0.25, 0.3) is 11.5 Å². The smallest absolute Gasteiger partial charge is 0.261 e. The summed E-state index contributed by atoms with van der Waals surface area (Å²) >= 11 is 0. The molecule has 5 rings (SSSR count). The van der Waals surface area contributed by atoms with Crippen LogP contribution in [0.4, 0.5) is 5.69 Å². The van der Waals surface area contributed by atoms with Crippen molar-refractivity contribution in [1.29, 1.82) is 0 Å². The Labute approximate surface area is 180 Å². The SMILES string of the molecule is O=C(c1ccc(N2CCOCC2)cc1)N1CCC[C@@H](n2cnc3ccccc3c2=O)C1. The molecule has 2 fully saturated rings. The van der Waals surface area contributed by atoms with E-state index in [0.29, 0.717) is 29.6 Å². The number of hydrogen-bond acceptors (Lipinski definition) is 5. The van der Waals surface area contributed by atoms with Gasteiger partial charge in [0.05, 0.1) is 36.5 Å². The number of fused-ring (bicyclic) bond motifs is 1. The van der Waals surface area contributed by atoms with E-state index >= 15 is 0 Å². The molecule has 0 radical (unpaired) electrons. The summed E-state index contributed by atoms with van der Waals surface area (Å²) in [6, 6.07) is 15.2. The lowest BCUT2D eigenvalue weighted by Crippen LogP contribution is -2.43. The molecule has 0 spiro atoms. The minimum atomic E-state index is -0.0603. The fourth-order valence-electron chi connectivity index (χ4n) is 4.53. The summed E-state index contributed by atoms with van der Waals surface area (Å²) in [6.07, 6.45) is 3.35. The Balaban J connectivity index is 1.33. The second-order valence-corrected chi connectivity index (χ2v) is 8.17. The third-order valence-corrected chi connectivity index (χ3v) is 6.26. The summed E-state index contributed by atoms with van der Waals surface area (Å²) in [4.78, 5) is 34.7. The fourth-order valence-corrected chi connectivity index (χ4v) is 4.53. The largest absolute Gasteiger partial charge is 0.378 e. The van der Waals surface area contributed by atoms with Crippen LogP contribution < -0.4 is 10.5 Å². The van der Waals surface area contributed by atoms with Crippen molar-refractivity contribution in [3.8, 4) is 0 Å². The molecule has 2 aromatic carbocycles. The van der Waals surface area contributed by atoms with Crippen molar-refractivity contribution < 1.29 is 9.53 Å². The van der Waals surface area contributed by atoms with Crippen LogP contribution in [0.1, 0.15) is 29.2 Å². The number of amides is 1. The summed E-state index contributed by atoms with van der Waals surface area (Å²) in [5, 5.41) is 0.618. The first-order valence-corrected chi connectivity index (χ1v) is 10.9. The van der Waals surface area contributed by atoms with Gasteiger partial charge in [0, 0.05) is 37.4 Å². The van der Waals surface area contributed by atoms with E-state index in [1.165, 1.54) is 0 Å². The van der Waals surface area contributed by atoms with Crippen LogP contribution in [0, 0.1) is 0 Å². The van der Waals surface area contributed by atoms with Crippen molar-refractivity contribution >= 4 is 22.5 Å². The maximum absolute atomic E-state index is 13.2. The lowest BCUT2D eigenvalue weighted by atomic mass is 10.0. The van der Waals surface area contributed by atoms with Crippen LogP contribution in [-0.4, -0.2) is 59.8 Å². The molecule has 7 heteroatoms. The lowest BCUT2D eigenvalue weighted by molar-refractivity contribution is 0.0677. The van der Waals surface area contributed by atoms with Crippen molar-refractivity contribution in [3.63, 3.8) is 0 Å². The standard InChI is InChI=1S/C24H26N4O3/c29-23(18-7-9-19(10-8-18)26-12-14-31-15-13-26)27-11-3-4-20(16-27)28-17-25-22-6-2-1-5-21(22)24(28)30/h1-2,5-10,17,20H,3-4,11-16H2/t20-/m1/s1. The topological polar surface area (TPSA) is 67.7 Å². The van der Waals surface area contributed by atoms with E-state index in [2.05, 4.69) is 9.88 Å². The Morgan fingerprint density at radius 1 is 1.00 bits per heavy atom. The molecule has 0 bridgehead atoms. The number of morpholine rings is 1. The first kappa shape index (κ1) is 19.8. The first-order valence-electron chi connectivity index (χ1n) is 10.9. The van der Waals surface area contributed by atoms with E-state index in [9.17, 15) is 9.59 Å². The zero-order chi connectivity index (χ0) is 21.2. The van der Waals surface area contributed by atoms with Crippen LogP contribution in [0.5, 0.6) is 0 Å². The normalized spacial score (nSPS) is 19.5. The highest BCUT2D eigenvalue weighted by molar-refractivity contribution is 5.94. The number of likely N-dealkylation sites (tertiary alicyclic amines) is 1. The highest BCUT2D eigenvalue weighted by Gasteiger charge is 2.26. The molecule has 31 heavy (non-hydrogen) atoms. The predicted molar refractivity (Wildman–Crippen MR) is 120 cm³/mol. The van der Waals surface area contributed by atoms with E-state index in [0.717, 1.165) is 44.8 Å². The molecule has 2 aliphatic rings. The number of rotatable bonds is 3. The zero-order valence-electron chi connectivity index (χ0n) is 17.4. The minimum Gasteiger partial charge on any atom is -0.378 e. The quantitative estimate of drug-likeness (QED) is 0.654. The van der Waals surface area contributed by atoms with Crippen molar-refractivity contribution in [2.45, 2.75) is 18.9 Å². The Morgan fingerprint density at radius 2 is 1.77 bits per heavy atom. The first-order chi connectivity index (χ1) is 15.2. The van der Waals surface area contributed by atoms with Gasteiger partial charge in [-0.25, -0.2) is 4.98 Å². The van der Waals surface area contributed by atoms with Gasteiger partial charge >= 0.3 is 0 Å². The van der Waals surface area contributed by atoms with Gasteiger partial charge in [-0.1, -0.05) is 12.1 Å². The Bertz CT molecular complexity index is 1140. The molecule has 0 N–H and O–H groups in total. The molecule has 7 nitrogen and oxygen atoms in total. The van der Waals surface area contributed by atoms with Gasteiger partial charge < -0.3 is 14.5 Å². The van der Waals surface area contributed by atoms with Crippen molar-refractivity contribution in [3.05, 3.63) is 70.8 Å². The van der Waals surface area contributed by atoms with Gasteiger partial charge in [0.2, 0.25) is 0 Å². The average molecular weight is 418 g/mol. The number of anilines is 1. The summed E-state index contributed by atoms with van der Waals surface area (Å²) in [6.45, 7) is 4.43. The number of aromatic nitrogens is 2. The molecule has 0 unspecified atom stereocenters. The van der Waals surface area contributed by atoms with Gasteiger partial charge in [0.1, 0.15) is 0 Å². The van der Waals surface area contributed by atoms with Gasteiger partial charge in [0.15, 0.2) is 0 Å². The van der Waals surface area contributed by atoms with Crippen LogP contribution in [0.15, 0.2) is 59.7 Å². The molecule has 3 aromatic rings. The number of nitrogens with zero attached hydrogens (tertiary/aromatic N) is 4. The number of piperidine rings is 1. The van der Waals surface area contributed by atoms with Crippen LogP contribution >= 0.6 is 0 Å². The molecular formula is C24H26N4O3. The summed E-state index contributed by atoms with van der Waals surface area (Å²) in [5.74, 6) is 0.0139. The Morgan fingerprint density at radius 3 is 2.58 bits per heavy atom. The van der Waals surface area contributed by atoms with E-state index in [4.69, 9.17) is 4.74 Å². The summed E-state index contributed by atoms with van der Waals surface area (Å²) in [5.41, 5.74) is 2.46. The molecule has 2 saturated heterocycles. The third kappa shape index (κ3) is 3.93. The molecule has 1 amide bonds. The number of hydrogen-bond donors (Lipinski definition) is 0. The average Bonchev–Trinajstić information content (AvgIpc) is 2.85. The predicted octanol–water partition coefficient (Wildman–Crippen LogP) is 2.71. The second-order valence-electron chi connectivity index (χ2n) is 8.17. The molecule has 1 aromatic heterocycles. The lowest BCUT2D eigenvalue weighted by Gasteiger charge is -2.34. The van der Waals surface area contributed by atoms with Gasteiger partial charge in [-0.3, -0.25) is 14.2 Å². The highest BCUT2D eigenvalue weighted by Crippen LogP contribution is 2.23. The highest BCUT2D eigenvalue weighted by atomic mass is 16.5. The Kier molecular flexibility index (Phi) is 5.42. The third-order valence-electron chi connectivity index (χ3n) is 6.26. The molecule has 2 aliphatic heterocycles. The number of carbonyl (C=O) groups is 1. The van der Waals surface area contributed by atoms with E-state index in [1.54, 1.807) is 10.9 Å². The van der Waals surface area contributed by atoms with Crippen molar-refractivity contribution in [2.24, 2.45) is 0 Å². The molecular weight excluding hydrogens is 392 g/mol.